The quantitative estimate of drug-likeness (QED) is 0.0814. The van der Waals surface area contributed by atoms with Gasteiger partial charge in [0.15, 0.2) is 17.7 Å². The van der Waals surface area contributed by atoms with Crippen molar-refractivity contribution in [2.24, 2.45) is 5.73 Å². The van der Waals surface area contributed by atoms with E-state index in [1.54, 1.807) is 12.1 Å². The van der Waals surface area contributed by atoms with Crippen molar-refractivity contribution in [1.82, 2.24) is 15.7 Å². The van der Waals surface area contributed by atoms with Crippen LogP contribution in [0.25, 0.3) is 6.08 Å². The van der Waals surface area contributed by atoms with Crippen LogP contribution in [0, 0.1) is 0 Å². The van der Waals surface area contributed by atoms with Crippen LogP contribution >= 0.6 is 0 Å². The summed E-state index contributed by atoms with van der Waals surface area (Å²) in [5.41, 5.74) is 6.02. The molecule has 0 aromatic heterocycles. The number of nitrogens with two attached hydrogens (primary N) is 1. The fourth-order valence-corrected chi connectivity index (χ4v) is 2.52. The van der Waals surface area contributed by atoms with E-state index in [4.69, 9.17) is 10.5 Å². The van der Waals surface area contributed by atoms with Gasteiger partial charge in [-0.25, -0.2) is 0 Å². The van der Waals surface area contributed by atoms with E-state index in [0.29, 0.717) is 23.7 Å². The number of carbonyl (C=O) groups excluding carboxylic acids is 1. The SMILES string of the molecule is COc1cc(/C=C/C(=O)N(O)C(O)CCNCCCCNCCCN)ccc1O. The summed E-state index contributed by atoms with van der Waals surface area (Å²) in [6.45, 7) is 3.86. The maximum absolute atomic E-state index is 12.0. The van der Waals surface area contributed by atoms with Gasteiger partial charge in [0.1, 0.15) is 0 Å². The Labute approximate surface area is 172 Å². The number of unbranched alkanes of at least 4 members (excludes halogenated alkanes) is 1. The highest BCUT2D eigenvalue weighted by atomic mass is 16.5. The maximum Gasteiger partial charge on any atom is 0.272 e. The predicted molar refractivity (Wildman–Crippen MR) is 112 cm³/mol. The Balaban J connectivity index is 2.24. The molecule has 0 aliphatic carbocycles. The van der Waals surface area contributed by atoms with Crippen LogP contribution in [0.3, 0.4) is 0 Å². The predicted octanol–water partition coefficient (Wildman–Crippen LogP) is 0.649. The van der Waals surface area contributed by atoms with Crippen molar-refractivity contribution < 1.29 is 25.0 Å². The van der Waals surface area contributed by atoms with Gasteiger partial charge in [-0.05, 0) is 75.8 Å². The van der Waals surface area contributed by atoms with Gasteiger partial charge < -0.3 is 31.3 Å². The van der Waals surface area contributed by atoms with Gasteiger partial charge in [-0.1, -0.05) is 6.07 Å². The van der Waals surface area contributed by atoms with E-state index in [2.05, 4.69) is 10.6 Å². The van der Waals surface area contributed by atoms with Crippen LogP contribution in [-0.2, 0) is 4.79 Å². The van der Waals surface area contributed by atoms with Crippen LogP contribution in [-0.4, -0.2) is 72.5 Å². The Morgan fingerprint density at radius 3 is 2.52 bits per heavy atom. The number of rotatable bonds is 15. The molecule has 0 aliphatic rings. The van der Waals surface area contributed by atoms with Crippen LogP contribution in [0.1, 0.15) is 31.2 Å². The second-order valence-corrected chi connectivity index (χ2v) is 6.57. The summed E-state index contributed by atoms with van der Waals surface area (Å²) in [6.07, 6.45) is 4.51. The number of nitrogens with zero attached hydrogens (tertiary/aromatic N) is 1. The summed E-state index contributed by atoms with van der Waals surface area (Å²) in [7, 11) is 1.42. The lowest BCUT2D eigenvalue weighted by atomic mass is 10.2. The minimum atomic E-state index is -1.30. The molecule has 0 radical (unpaired) electrons. The topological polar surface area (TPSA) is 140 Å². The van der Waals surface area contributed by atoms with Gasteiger partial charge in [-0.15, -0.1) is 0 Å². The fraction of sp³-hybridized carbons (Fsp3) is 0.550. The van der Waals surface area contributed by atoms with Gasteiger partial charge in [0, 0.05) is 12.5 Å². The summed E-state index contributed by atoms with van der Waals surface area (Å²) < 4.78 is 5.00. The highest BCUT2D eigenvalue weighted by molar-refractivity contribution is 5.91. The van der Waals surface area contributed by atoms with Gasteiger partial charge in [-0.2, -0.15) is 5.06 Å². The second-order valence-electron chi connectivity index (χ2n) is 6.57. The Morgan fingerprint density at radius 1 is 1.21 bits per heavy atom. The lowest BCUT2D eigenvalue weighted by Crippen LogP contribution is -2.38. The molecule has 1 amide bonds. The maximum atomic E-state index is 12.0. The third kappa shape index (κ3) is 10.2. The average molecular weight is 411 g/mol. The van der Waals surface area contributed by atoms with Gasteiger partial charge in [0.05, 0.1) is 7.11 Å². The lowest BCUT2D eigenvalue weighted by molar-refractivity contribution is -0.201. The first-order valence-corrected chi connectivity index (χ1v) is 9.86. The number of hydroxylamine groups is 2. The van der Waals surface area contributed by atoms with E-state index >= 15 is 0 Å². The molecule has 0 spiro atoms. The molecule has 0 heterocycles. The first kappa shape index (κ1) is 24.9. The number of aliphatic hydroxyl groups excluding tert-OH is 1. The Morgan fingerprint density at radius 2 is 1.86 bits per heavy atom. The van der Waals surface area contributed by atoms with Crippen molar-refractivity contribution in [1.29, 1.82) is 0 Å². The molecule has 1 unspecified atom stereocenters. The molecule has 1 rings (SSSR count). The van der Waals surface area contributed by atoms with Crippen molar-refractivity contribution in [3.05, 3.63) is 29.8 Å². The van der Waals surface area contributed by atoms with E-state index in [1.807, 2.05) is 0 Å². The second kappa shape index (κ2) is 14.8. The van der Waals surface area contributed by atoms with E-state index in [-0.39, 0.29) is 17.9 Å². The molecule has 0 bridgehead atoms. The number of benzene rings is 1. The summed E-state index contributed by atoms with van der Waals surface area (Å²) >= 11 is 0. The number of aliphatic hydroxyl groups is 1. The molecule has 1 atom stereocenters. The highest BCUT2D eigenvalue weighted by Crippen LogP contribution is 2.26. The van der Waals surface area contributed by atoms with E-state index < -0.39 is 12.1 Å². The smallest absolute Gasteiger partial charge is 0.272 e. The number of hydrogen-bond acceptors (Lipinski definition) is 8. The summed E-state index contributed by atoms with van der Waals surface area (Å²) in [4.78, 5) is 12.0. The zero-order valence-electron chi connectivity index (χ0n) is 17.0. The van der Waals surface area contributed by atoms with Gasteiger partial charge in [0.2, 0.25) is 0 Å². The Bertz CT molecular complexity index is 627. The van der Waals surface area contributed by atoms with Crippen molar-refractivity contribution in [2.45, 2.75) is 31.9 Å². The van der Waals surface area contributed by atoms with Crippen LogP contribution in [0.2, 0.25) is 0 Å². The first-order chi connectivity index (χ1) is 14.0. The zero-order valence-corrected chi connectivity index (χ0v) is 17.0. The van der Waals surface area contributed by atoms with Crippen LogP contribution in [0.4, 0.5) is 0 Å². The van der Waals surface area contributed by atoms with Crippen LogP contribution < -0.4 is 21.1 Å². The molecular formula is C20H34N4O5. The fourth-order valence-electron chi connectivity index (χ4n) is 2.52. The molecule has 164 valence electrons. The molecule has 29 heavy (non-hydrogen) atoms. The molecule has 1 aromatic carbocycles. The number of phenols is 1. The molecule has 1 aromatic rings. The first-order valence-electron chi connectivity index (χ1n) is 9.86. The monoisotopic (exact) mass is 410 g/mol. The van der Waals surface area contributed by atoms with Gasteiger partial charge in [-0.3, -0.25) is 10.0 Å². The number of amides is 1. The van der Waals surface area contributed by atoms with Crippen molar-refractivity contribution in [3.63, 3.8) is 0 Å². The van der Waals surface area contributed by atoms with Crippen molar-refractivity contribution in [3.8, 4) is 11.5 Å². The number of phenolic OH excluding ortho intramolecular Hbond substituents is 1. The number of nitrogens with one attached hydrogen (secondary N) is 2. The third-order valence-electron chi connectivity index (χ3n) is 4.22. The minimum Gasteiger partial charge on any atom is -0.504 e. The van der Waals surface area contributed by atoms with Crippen molar-refractivity contribution >= 4 is 12.0 Å². The average Bonchev–Trinajstić information content (AvgIpc) is 2.73. The van der Waals surface area contributed by atoms with Crippen LogP contribution in [0.5, 0.6) is 11.5 Å². The summed E-state index contributed by atoms with van der Waals surface area (Å²) in [6, 6.07) is 4.59. The number of aromatic hydroxyl groups is 1. The molecule has 9 nitrogen and oxygen atoms in total. The molecule has 9 heteroatoms. The summed E-state index contributed by atoms with van der Waals surface area (Å²) in [5.74, 6) is -0.475. The normalized spacial score (nSPS) is 12.3. The van der Waals surface area contributed by atoms with E-state index in [9.17, 15) is 20.2 Å². The number of ether oxygens (including phenoxy) is 1. The van der Waals surface area contributed by atoms with Crippen LogP contribution in [0.15, 0.2) is 24.3 Å². The molecule has 0 saturated heterocycles. The number of hydrogen-bond donors (Lipinski definition) is 6. The molecule has 0 saturated carbocycles. The molecular weight excluding hydrogens is 376 g/mol. The lowest BCUT2D eigenvalue weighted by Gasteiger charge is -2.20. The van der Waals surface area contributed by atoms with Gasteiger partial charge in [0.25, 0.3) is 5.91 Å². The standard InChI is InChI=1S/C20H34N4O5/c1-29-18-15-16(5-7-17(18)25)6-8-19(26)24(28)20(27)9-14-23-12-3-2-11-22-13-4-10-21/h5-8,15,20,22-23,25,27-28H,2-4,9-14,21H2,1H3/b8-6+. The zero-order chi connectivity index (χ0) is 21.5. The summed E-state index contributed by atoms with van der Waals surface area (Å²) in [5, 5.41) is 36.1. The molecule has 0 aliphatic heterocycles. The van der Waals surface area contributed by atoms with Gasteiger partial charge >= 0.3 is 0 Å². The van der Waals surface area contributed by atoms with E-state index in [0.717, 1.165) is 45.0 Å². The Kier molecular flexibility index (Phi) is 12.7. The Hall–Kier alpha value is -2.17. The number of carbonyl (C=O) groups is 1. The molecule has 7 N–H and O–H groups in total. The van der Waals surface area contributed by atoms with Crippen molar-refractivity contribution in [2.75, 3.05) is 39.8 Å². The minimum absolute atomic E-state index is 0.00876. The molecule has 0 fully saturated rings. The number of methoxy groups -OCH3 is 1. The van der Waals surface area contributed by atoms with E-state index in [1.165, 1.54) is 19.3 Å². The third-order valence-corrected chi connectivity index (χ3v) is 4.22. The highest BCUT2D eigenvalue weighted by Gasteiger charge is 2.17. The largest absolute Gasteiger partial charge is 0.504 e.